The van der Waals surface area contributed by atoms with Gasteiger partial charge in [0.15, 0.2) is 0 Å². The molecule has 0 fully saturated rings. The van der Waals surface area contributed by atoms with Gasteiger partial charge in [-0.3, -0.25) is 4.84 Å². The van der Waals surface area contributed by atoms with E-state index in [2.05, 4.69) is 4.98 Å². The van der Waals surface area contributed by atoms with Crippen molar-refractivity contribution < 1.29 is 4.84 Å². The van der Waals surface area contributed by atoms with Gasteiger partial charge in [-0.1, -0.05) is 0 Å². The second kappa shape index (κ2) is 2.64. The van der Waals surface area contributed by atoms with E-state index >= 15 is 0 Å². The molecular formula is C7H13N3O. The second-order valence-corrected chi connectivity index (χ2v) is 2.99. The number of hydrogen-bond donors (Lipinski definition) is 1. The maximum absolute atomic E-state index is 5.11. The van der Waals surface area contributed by atoms with Crippen molar-refractivity contribution in [1.82, 2.24) is 9.55 Å². The number of imidazole rings is 1. The molecule has 1 rings (SSSR count). The van der Waals surface area contributed by atoms with Crippen molar-refractivity contribution in [3.63, 3.8) is 0 Å². The van der Waals surface area contributed by atoms with E-state index in [1.807, 2.05) is 31.7 Å². The molecule has 0 radical (unpaired) electrons. The maximum Gasteiger partial charge on any atom is 0.142 e. The minimum atomic E-state index is -0.516. The molecule has 0 aliphatic heterocycles. The summed E-state index contributed by atoms with van der Waals surface area (Å²) in [5.74, 6) is 5.93. The number of aryl methyl sites for hydroxylation is 1. The lowest BCUT2D eigenvalue weighted by Crippen LogP contribution is -2.28. The van der Waals surface area contributed by atoms with Crippen molar-refractivity contribution in [3.8, 4) is 0 Å². The Morgan fingerprint density at radius 2 is 2.27 bits per heavy atom. The third-order valence-corrected chi connectivity index (χ3v) is 1.65. The molecule has 0 bridgehead atoms. The molecule has 1 aromatic rings. The molecule has 0 aromatic carbocycles. The van der Waals surface area contributed by atoms with Gasteiger partial charge >= 0.3 is 0 Å². The summed E-state index contributed by atoms with van der Waals surface area (Å²) in [4.78, 5) is 8.90. The second-order valence-electron chi connectivity index (χ2n) is 2.99. The van der Waals surface area contributed by atoms with Gasteiger partial charge < -0.3 is 4.57 Å². The molecule has 0 unspecified atom stereocenters. The lowest BCUT2D eigenvalue weighted by molar-refractivity contribution is -0.0320. The number of rotatable bonds is 2. The molecule has 62 valence electrons. The molecule has 0 saturated heterocycles. The third-order valence-electron chi connectivity index (χ3n) is 1.65. The molecule has 4 heteroatoms. The highest BCUT2D eigenvalue weighted by Gasteiger charge is 2.24. The van der Waals surface area contributed by atoms with E-state index in [0.29, 0.717) is 0 Å². The summed E-state index contributed by atoms with van der Waals surface area (Å²) in [6, 6.07) is 0. The Bertz CT molecular complexity index is 242. The summed E-state index contributed by atoms with van der Waals surface area (Å²) in [5, 5.41) is 0. The zero-order valence-electron chi connectivity index (χ0n) is 7.03. The van der Waals surface area contributed by atoms with Crippen molar-refractivity contribution in [2.24, 2.45) is 12.9 Å². The van der Waals surface area contributed by atoms with Gasteiger partial charge in [-0.2, -0.15) is 0 Å². The monoisotopic (exact) mass is 155 g/mol. The molecule has 0 saturated carbocycles. The summed E-state index contributed by atoms with van der Waals surface area (Å²) in [6.45, 7) is 3.74. The van der Waals surface area contributed by atoms with Crippen LogP contribution in [0.2, 0.25) is 0 Å². The summed E-state index contributed by atoms with van der Waals surface area (Å²) in [5.41, 5.74) is -0.516. The highest BCUT2D eigenvalue weighted by atomic mass is 16.6. The summed E-state index contributed by atoms with van der Waals surface area (Å²) >= 11 is 0. The first-order valence-electron chi connectivity index (χ1n) is 3.43. The predicted molar refractivity (Wildman–Crippen MR) is 41.5 cm³/mol. The van der Waals surface area contributed by atoms with Crippen LogP contribution < -0.4 is 5.90 Å². The Morgan fingerprint density at radius 1 is 1.64 bits per heavy atom. The van der Waals surface area contributed by atoms with E-state index in [-0.39, 0.29) is 0 Å². The van der Waals surface area contributed by atoms with Crippen LogP contribution in [0.1, 0.15) is 19.7 Å². The molecule has 0 atom stereocenters. The zero-order chi connectivity index (χ0) is 8.48. The number of aromatic nitrogens is 2. The molecule has 0 amide bonds. The first-order valence-corrected chi connectivity index (χ1v) is 3.43. The van der Waals surface area contributed by atoms with Crippen molar-refractivity contribution >= 4 is 0 Å². The largest absolute Gasteiger partial charge is 0.336 e. The number of nitrogens with two attached hydrogens (primary N) is 1. The molecule has 2 N–H and O–H groups in total. The molecule has 11 heavy (non-hydrogen) atoms. The third kappa shape index (κ3) is 1.41. The molecule has 1 aromatic heterocycles. The highest BCUT2D eigenvalue weighted by molar-refractivity contribution is 5.00. The Balaban J connectivity index is 3.00. The Hall–Kier alpha value is -0.870. The smallest absolute Gasteiger partial charge is 0.142 e. The fourth-order valence-corrected chi connectivity index (χ4v) is 0.998. The van der Waals surface area contributed by atoms with Crippen molar-refractivity contribution in [3.05, 3.63) is 18.2 Å². The fourth-order valence-electron chi connectivity index (χ4n) is 0.998. The zero-order valence-corrected chi connectivity index (χ0v) is 7.03. The molecule has 4 nitrogen and oxygen atoms in total. The van der Waals surface area contributed by atoms with E-state index in [1.54, 1.807) is 6.20 Å². The van der Waals surface area contributed by atoms with E-state index in [0.717, 1.165) is 5.82 Å². The summed E-state index contributed by atoms with van der Waals surface area (Å²) in [7, 11) is 1.91. The van der Waals surface area contributed by atoms with Crippen LogP contribution in [-0.2, 0) is 17.5 Å². The van der Waals surface area contributed by atoms with E-state index < -0.39 is 5.60 Å². The van der Waals surface area contributed by atoms with Crippen LogP contribution in [0.4, 0.5) is 0 Å². The van der Waals surface area contributed by atoms with E-state index in [4.69, 9.17) is 10.7 Å². The Labute approximate surface area is 65.9 Å². The normalized spacial score (nSPS) is 12.0. The average Bonchev–Trinajstić information content (AvgIpc) is 2.36. The number of hydrogen-bond acceptors (Lipinski definition) is 3. The van der Waals surface area contributed by atoms with Crippen molar-refractivity contribution in [1.29, 1.82) is 0 Å². The Kier molecular flexibility index (Phi) is 1.97. The van der Waals surface area contributed by atoms with Gasteiger partial charge in [-0.05, 0) is 13.8 Å². The van der Waals surface area contributed by atoms with Crippen LogP contribution >= 0.6 is 0 Å². The van der Waals surface area contributed by atoms with Crippen molar-refractivity contribution in [2.45, 2.75) is 19.4 Å². The quantitative estimate of drug-likeness (QED) is 0.634. The Morgan fingerprint density at radius 3 is 2.64 bits per heavy atom. The fraction of sp³-hybridized carbons (Fsp3) is 0.571. The molecule has 0 aliphatic carbocycles. The van der Waals surface area contributed by atoms with Gasteiger partial charge in [0.25, 0.3) is 0 Å². The van der Waals surface area contributed by atoms with Crippen molar-refractivity contribution in [2.75, 3.05) is 0 Å². The maximum atomic E-state index is 5.11. The van der Waals surface area contributed by atoms with Gasteiger partial charge in [-0.25, -0.2) is 10.9 Å². The van der Waals surface area contributed by atoms with Crippen LogP contribution in [0.3, 0.4) is 0 Å². The summed E-state index contributed by atoms with van der Waals surface area (Å²) in [6.07, 6.45) is 3.58. The lowest BCUT2D eigenvalue weighted by Gasteiger charge is -2.20. The van der Waals surface area contributed by atoms with Gasteiger partial charge in [0.2, 0.25) is 0 Å². The predicted octanol–water partition coefficient (Wildman–Crippen LogP) is 0.545. The van der Waals surface area contributed by atoms with E-state index in [1.165, 1.54) is 0 Å². The van der Waals surface area contributed by atoms with Crippen LogP contribution in [0.5, 0.6) is 0 Å². The van der Waals surface area contributed by atoms with Gasteiger partial charge in [0, 0.05) is 19.4 Å². The first kappa shape index (κ1) is 8.23. The molecule has 0 aliphatic rings. The van der Waals surface area contributed by atoms with Gasteiger partial charge in [0.1, 0.15) is 11.4 Å². The van der Waals surface area contributed by atoms with Gasteiger partial charge in [0.05, 0.1) is 0 Å². The van der Waals surface area contributed by atoms with Crippen LogP contribution in [0, 0.1) is 0 Å². The SMILES string of the molecule is Cn1ccnc1C(C)(C)ON. The first-order chi connectivity index (χ1) is 5.08. The average molecular weight is 155 g/mol. The molecular weight excluding hydrogens is 142 g/mol. The molecule has 0 spiro atoms. The topological polar surface area (TPSA) is 53.1 Å². The van der Waals surface area contributed by atoms with Crippen LogP contribution in [0.15, 0.2) is 12.4 Å². The standard InChI is InChI=1S/C7H13N3O/c1-7(2,11-8)6-9-4-5-10(6)3/h4-5H,8H2,1-3H3. The van der Waals surface area contributed by atoms with Crippen LogP contribution in [0.25, 0.3) is 0 Å². The summed E-state index contributed by atoms with van der Waals surface area (Å²) < 4.78 is 1.88. The minimum Gasteiger partial charge on any atom is -0.336 e. The minimum absolute atomic E-state index is 0.516. The van der Waals surface area contributed by atoms with Gasteiger partial charge in [-0.15, -0.1) is 0 Å². The molecule has 1 heterocycles. The highest BCUT2D eigenvalue weighted by Crippen LogP contribution is 2.19. The lowest BCUT2D eigenvalue weighted by atomic mass is 10.1. The van der Waals surface area contributed by atoms with Crippen LogP contribution in [-0.4, -0.2) is 9.55 Å². The van der Waals surface area contributed by atoms with E-state index in [9.17, 15) is 0 Å². The number of nitrogens with zero attached hydrogens (tertiary/aromatic N) is 2.